The second-order valence-electron chi connectivity index (χ2n) is 4.68. The molecule has 0 amide bonds. The van der Waals surface area contributed by atoms with Crippen LogP contribution in [0.1, 0.15) is 18.4 Å². The average molecular weight is 258 g/mol. The zero-order valence-corrected chi connectivity index (χ0v) is 10.4. The van der Waals surface area contributed by atoms with E-state index in [0.29, 0.717) is 12.3 Å². The van der Waals surface area contributed by atoms with Crippen LogP contribution in [0.4, 0.5) is 4.39 Å². The first-order valence-corrected chi connectivity index (χ1v) is 6.30. The Bertz CT molecular complexity index is 380. The fourth-order valence-corrected chi connectivity index (χ4v) is 2.37. The lowest BCUT2D eigenvalue weighted by molar-refractivity contribution is 0.182. The van der Waals surface area contributed by atoms with Crippen molar-refractivity contribution < 1.29 is 9.13 Å². The van der Waals surface area contributed by atoms with E-state index < -0.39 is 0 Å². The van der Waals surface area contributed by atoms with Crippen molar-refractivity contribution in [3.63, 3.8) is 0 Å². The van der Waals surface area contributed by atoms with E-state index in [1.807, 2.05) is 6.07 Å². The molecule has 2 unspecified atom stereocenters. The molecule has 17 heavy (non-hydrogen) atoms. The number of halogens is 2. The van der Waals surface area contributed by atoms with Gasteiger partial charge in [-0.2, -0.15) is 0 Å². The van der Waals surface area contributed by atoms with Crippen molar-refractivity contribution in [1.29, 1.82) is 0 Å². The van der Waals surface area contributed by atoms with Crippen LogP contribution < -0.4 is 5.73 Å². The second kappa shape index (κ2) is 5.80. The SMILES string of the molecule is NC(Cc1ccc(Cl)c(F)c1)CC1CCOC1. The molecular weight excluding hydrogens is 241 g/mol. The van der Waals surface area contributed by atoms with Gasteiger partial charge < -0.3 is 10.5 Å². The molecule has 4 heteroatoms. The lowest BCUT2D eigenvalue weighted by atomic mass is 9.95. The molecule has 2 atom stereocenters. The molecule has 1 aliphatic rings. The van der Waals surface area contributed by atoms with Gasteiger partial charge in [-0.05, 0) is 42.9 Å². The Kier molecular flexibility index (Phi) is 4.37. The topological polar surface area (TPSA) is 35.2 Å². The van der Waals surface area contributed by atoms with Gasteiger partial charge in [-0.15, -0.1) is 0 Å². The summed E-state index contributed by atoms with van der Waals surface area (Å²) in [4.78, 5) is 0. The van der Waals surface area contributed by atoms with Gasteiger partial charge >= 0.3 is 0 Å². The van der Waals surface area contributed by atoms with Crippen LogP contribution >= 0.6 is 11.6 Å². The Morgan fingerprint density at radius 3 is 3.00 bits per heavy atom. The zero-order chi connectivity index (χ0) is 12.3. The first-order valence-electron chi connectivity index (χ1n) is 5.92. The Hall–Kier alpha value is -0.640. The van der Waals surface area contributed by atoms with Crippen LogP contribution in [-0.2, 0) is 11.2 Å². The maximum absolute atomic E-state index is 13.2. The molecule has 2 nitrogen and oxygen atoms in total. The van der Waals surface area contributed by atoms with E-state index in [1.54, 1.807) is 6.07 Å². The summed E-state index contributed by atoms with van der Waals surface area (Å²) in [6.07, 6.45) is 2.71. The largest absolute Gasteiger partial charge is 0.381 e. The Labute approximate surface area is 106 Å². The molecule has 2 N–H and O–H groups in total. The maximum atomic E-state index is 13.2. The highest BCUT2D eigenvalue weighted by Gasteiger charge is 2.19. The first kappa shape index (κ1) is 12.8. The fraction of sp³-hybridized carbons (Fsp3) is 0.538. The van der Waals surface area contributed by atoms with E-state index in [2.05, 4.69) is 0 Å². The number of ether oxygens (including phenoxy) is 1. The third-order valence-electron chi connectivity index (χ3n) is 3.14. The van der Waals surface area contributed by atoms with E-state index in [1.165, 1.54) is 6.07 Å². The van der Waals surface area contributed by atoms with Crippen molar-refractivity contribution in [3.05, 3.63) is 34.6 Å². The summed E-state index contributed by atoms with van der Waals surface area (Å²) in [5.74, 6) is 0.183. The second-order valence-corrected chi connectivity index (χ2v) is 5.09. The van der Waals surface area contributed by atoms with Gasteiger partial charge in [0.1, 0.15) is 5.82 Å². The molecule has 1 saturated heterocycles. The normalized spacial score (nSPS) is 21.7. The highest BCUT2D eigenvalue weighted by atomic mass is 35.5. The molecule has 1 heterocycles. The highest BCUT2D eigenvalue weighted by Crippen LogP contribution is 2.20. The van der Waals surface area contributed by atoms with Gasteiger partial charge in [0.25, 0.3) is 0 Å². The number of nitrogens with two attached hydrogens (primary N) is 1. The third kappa shape index (κ3) is 3.66. The number of rotatable bonds is 4. The van der Waals surface area contributed by atoms with Gasteiger partial charge in [-0.1, -0.05) is 17.7 Å². The van der Waals surface area contributed by atoms with Crippen LogP contribution in [-0.4, -0.2) is 19.3 Å². The summed E-state index contributed by atoms with van der Waals surface area (Å²) in [6, 6.07) is 4.93. The molecule has 2 rings (SSSR count). The van der Waals surface area contributed by atoms with Crippen LogP contribution in [0.15, 0.2) is 18.2 Å². The zero-order valence-electron chi connectivity index (χ0n) is 9.66. The minimum atomic E-state index is -0.374. The van der Waals surface area contributed by atoms with Crippen molar-refractivity contribution in [3.8, 4) is 0 Å². The van der Waals surface area contributed by atoms with Crippen LogP contribution in [0.3, 0.4) is 0 Å². The maximum Gasteiger partial charge on any atom is 0.142 e. The molecular formula is C13H17ClFNO. The van der Waals surface area contributed by atoms with Crippen LogP contribution in [0.5, 0.6) is 0 Å². The molecule has 0 radical (unpaired) electrons. The average Bonchev–Trinajstić information content (AvgIpc) is 2.76. The Morgan fingerprint density at radius 2 is 2.35 bits per heavy atom. The fourth-order valence-electron chi connectivity index (χ4n) is 2.25. The monoisotopic (exact) mass is 257 g/mol. The minimum Gasteiger partial charge on any atom is -0.381 e. The molecule has 0 spiro atoms. The Balaban J connectivity index is 1.88. The van der Waals surface area contributed by atoms with Gasteiger partial charge in [0.2, 0.25) is 0 Å². The van der Waals surface area contributed by atoms with Gasteiger partial charge in [0, 0.05) is 19.3 Å². The molecule has 94 valence electrons. The molecule has 0 bridgehead atoms. The summed E-state index contributed by atoms with van der Waals surface area (Å²) >= 11 is 5.63. The predicted octanol–water partition coefficient (Wildman–Crippen LogP) is 2.78. The smallest absolute Gasteiger partial charge is 0.142 e. The van der Waals surface area contributed by atoms with Crippen LogP contribution in [0.2, 0.25) is 5.02 Å². The quantitative estimate of drug-likeness (QED) is 0.900. The summed E-state index contributed by atoms with van der Waals surface area (Å²) in [5, 5.41) is 0.159. The van der Waals surface area contributed by atoms with Gasteiger partial charge in [0.05, 0.1) is 5.02 Å². The molecule has 1 fully saturated rings. The molecule has 0 aromatic heterocycles. The van der Waals surface area contributed by atoms with Crippen molar-refractivity contribution in [2.75, 3.05) is 13.2 Å². The van der Waals surface area contributed by atoms with E-state index in [0.717, 1.165) is 31.6 Å². The van der Waals surface area contributed by atoms with Gasteiger partial charge in [0.15, 0.2) is 0 Å². The summed E-state index contributed by atoms with van der Waals surface area (Å²) in [6.45, 7) is 1.65. The lowest BCUT2D eigenvalue weighted by Gasteiger charge is -2.15. The molecule has 0 aliphatic carbocycles. The van der Waals surface area contributed by atoms with Crippen LogP contribution in [0.25, 0.3) is 0 Å². The van der Waals surface area contributed by atoms with E-state index in [-0.39, 0.29) is 16.9 Å². The summed E-state index contributed by atoms with van der Waals surface area (Å²) in [5.41, 5.74) is 6.96. The standard InChI is InChI=1S/C13H17ClFNO/c14-12-2-1-9(7-13(12)15)5-11(16)6-10-3-4-17-8-10/h1-2,7,10-11H,3-6,8,16H2. The summed E-state index contributed by atoms with van der Waals surface area (Å²) < 4.78 is 18.6. The van der Waals surface area contributed by atoms with Gasteiger partial charge in [-0.3, -0.25) is 0 Å². The van der Waals surface area contributed by atoms with Crippen molar-refractivity contribution in [2.45, 2.75) is 25.3 Å². The molecule has 0 saturated carbocycles. The predicted molar refractivity (Wildman–Crippen MR) is 66.6 cm³/mol. The Morgan fingerprint density at radius 1 is 1.53 bits per heavy atom. The van der Waals surface area contributed by atoms with E-state index >= 15 is 0 Å². The lowest BCUT2D eigenvalue weighted by Crippen LogP contribution is -2.26. The number of hydrogen-bond acceptors (Lipinski definition) is 2. The van der Waals surface area contributed by atoms with Crippen molar-refractivity contribution >= 4 is 11.6 Å². The van der Waals surface area contributed by atoms with Crippen molar-refractivity contribution in [2.24, 2.45) is 11.7 Å². The number of hydrogen-bond donors (Lipinski definition) is 1. The molecule has 1 aromatic rings. The molecule has 1 aromatic carbocycles. The highest BCUT2D eigenvalue weighted by molar-refractivity contribution is 6.30. The summed E-state index contributed by atoms with van der Waals surface area (Å²) in [7, 11) is 0. The van der Waals surface area contributed by atoms with Crippen LogP contribution in [0, 0.1) is 11.7 Å². The first-order chi connectivity index (χ1) is 8.15. The molecule has 1 aliphatic heterocycles. The number of benzene rings is 1. The van der Waals surface area contributed by atoms with Crippen molar-refractivity contribution in [1.82, 2.24) is 0 Å². The van der Waals surface area contributed by atoms with E-state index in [4.69, 9.17) is 22.1 Å². The van der Waals surface area contributed by atoms with E-state index in [9.17, 15) is 4.39 Å². The van der Waals surface area contributed by atoms with Gasteiger partial charge in [-0.25, -0.2) is 4.39 Å². The minimum absolute atomic E-state index is 0.0577. The third-order valence-corrected chi connectivity index (χ3v) is 3.45.